The van der Waals surface area contributed by atoms with E-state index in [-0.39, 0.29) is 0 Å². The molecule has 3 nitrogen and oxygen atoms in total. The zero-order valence-corrected chi connectivity index (χ0v) is 11.0. The molecular weight excluding hydrogens is 212 g/mol. The van der Waals surface area contributed by atoms with E-state index in [0.29, 0.717) is 0 Å². The monoisotopic (exact) mass is 230 g/mol. The fourth-order valence-corrected chi connectivity index (χ4v) is 1.81. The summed E-state index contributed by atoms with van der Waals surface area (Å²) in [5.74, 6) is 0.813. The summed E-state index contributed by atoms with van der Waals surface area (Å²) in [7, 11) is 3.60. The molecule has 2 aromatic rings. The van der Waals surface area contributed by atoms with Gasteiger partial charge in [-0.1, -0.05) is 13.8 Å². The highest BCUT2D eigenvalue weighted by atomic mass is 16.5. The molecule has 3 heteroatoms. The van der Waals surface area contributed by atoms with Crippen molar-refractivity contribution in [3.8, 4) is 11.8 Å². The largest absolute Gasteiger partial charge is 0.497 e. The third-order valence-electron chi connectivity index (χ3n) is 2.81. The Morgan fingerprint density at radius 2 is 1.94 bits per heavy atom. The first-order valence-electron chi connectivity index (χ1n) is 5.72. The number of hydrogen-bond donors (Lipinski definition) is 0. The van der Waals surface area contributed by atoms with Crippen molar-refractivity contribution in [1.82, 2.24) is 4.57 Å². The molecule has 0 unspecified atom stereocenters. The van der Waals surface area contributed by atoms with Crippen LogP contribution in [0.4, 0.5) is 0 Å². The molecule has 0 N–H and O–H groups in total. The number of hydrogen-bond acceptors (Lipinski definition) is 2. The first-order chi connectivity index (χ1) is 8.19. The number of nitrogens with zero attached hydrogens (tertiary/aromatic N) is 2. The van der Waals surface area contributed by atoms with Crippen molar-refractivity contribution in [2.24, 2.45) is 7.05 Å². The quantitative estimate of drug-likeness (QED) is 0.753. The van der Waals surface area contributed by atoms with Gasteiger partial charge < -0.3 is 9.30 Å². The second-order valence-corrected chi connectivity index (χ2v) is 3.51. The zero-order chi connectivity index (χ0) is 13.0. The highest BCUT2D eigenvalue weighted by molar-refractivity contribution is 5.89. The van der Waals surface area contributed by atoms with E-state index in [1.165, 1.54) is 0 Å². The van der Waals surface area contributed by atoms with Gasteiger partial charge in [-0.25, -0.2) is 0 Å². The van der Waals surface area contributed by atoms with E-state index in [1.807, 2.05) is 50.6 Å². The van der Waals surface area contributed by atoms with Crippen LogP contribution in [0.1, 0.15) is 25.1 Å². The maximum absolute atomic E-state index is 9.06. The minimum Gasteiger partial charge on any atom is -0.497 e. The molecule has 17 heavy (non-hydrogen) atoms. The molecule has 0 saturated carbocycles. The topological polar surface area (TPSA) is 37.9 Å². The molecule has 0 aliphatic heterocycles. The Morgan fingerprint density at radius 3 is 2.47 bits per heavy atom. The summed E-state index contributed by atoms with van der Waals surface area (Å²) >= 11 is 0. The molecule has 1 aromatic heterocycles. The Morgan fingerprint density at radius 1 is 1.29 bits per heavy atom. The third-order valence-corrected chi connectivity index (χ3v) is 2.81. The van der Waals surface area contributed by atoms with Gasteiger partial charge in [0.25, 0.3) is 0 Å². The number of methoxy groups -OCH3 is 1. The summed E-state index contributed by atoms with van der Waals surface area (Å²) in [5, 5.41) is 10.0. The summed E-state index contributed by atoms with van der Waals surface area (Å²) in [6, 6.07) is 7.99. The van der Waals surface area contributed by atoms with Crippen LogP contribution in [0.3, 0.4) is 0 Å². The van der Waals surface area contributed by atoms with Crippen LogP contribution in [0.2, 0.25) is 0 Å². The van der Waals surface area contributed by atoms with Crippen LogP contribution in [0.15, 0.2) is 18.2 Å². The minimum atomic E-state index is 0.746. The average molecular weight is 230 g/mol. The van der Waals surface area contributed by atoms with Gasteiger partial charge in [-0.15, -0.1) is 0 Å². The van der Waals surface area contributed by atoms with Gasteiger partial charge in [0.15, 0.2) is 0 Å². The normalized spacial score (nSPS) is 9.41. The maximum atomic E-state index is 9.06. The lowest BCUT2D eigenvalue weighted by atomic mass is 10.1. The molecule has 2 rings (SSSR count). The molecule has 1 heterocycles. The highest BCUT2D eigenvalue weighted by Gasteiger charge is 2.11. The Kier molecular flexibility index (Phi) is 4.17. The van der Waals surface area contributed by atoms with Gasteiger partial charge >= 0.3 is 0 Å². The third kappa shape index (κ3) is 2.12. The van der Waals surface area contributed by atoms with Crippen molar-refractivity contribution < 1.29 is 4.74 Å². The van der Waals surface area contributed by atoms with Crippen molar-refractivity contribution >= 4 is 10.9 Å². The second kappa shape index (κ2) is 5.40. The smallest absolute Gasteiger partial charge is 0.120 e. The molecule has 0 fully saturated rings. The lowest BCUT2D eigenvalue weighted by molar-refractivity contribution is 0.415. The number of rotatable bonds is 1. The maximum Gasteiger partial charge on any atom is 0.120 e. The molecule has 0 amide bonds. The molecule has 0 saturated heterocycles. The summed E-state index contributed by atoms with van der Waals surface area (Å²) in [6.45, 7) is 5.95. The Hall–Kier alpha value is -1.95. The van der Waals surface area contributed by atoms with Crippen LogP contribution >= 0.6 is 0 Å². The highest BCUT2D eigenvalue weighted by Crippen LogP contribution is 2.27. The van der Waals surface area contributed by atoms with Crippen molar-refractivity contribution in [2.45, 2.75) is 20.8 Å². The molecule has 0 radical (unpaired) electrons. The predicted octanol–water partition coefficient (Wildman–Crippen LogP) is 3.39. The summed E-state index contributed by atoms with van der Waals surface area (Å²) < 4.78 is 7.17. The van der Waals surface area contributed by atoms with Crippen molar-refractivity contribution in [2.75, 3.05) is 7.11 Å². The van der Waals surface area contributed by atoms with E-state index < -0.39 is 0 Å². The van der Waals surface area contributed by atoms with Crippen molar-refractivity contribution in [3.05, 3.63) is 29.5 Å². The second-order valence-electron chi connectivity index (χ2n) is 3.51. The molecule has 90 valence electrons. The van der Waals surface area contributed by atoms with Crippen molar-refractivity contribution in [3.63, 3.8) is 0 Å². The van der Waals surface area contributed by atoms with Crippen LogP contribution in [-0.4, -0.2) is 11.7 Å². The molecule has 0 atom stereocenters. The Bertz CT molecular complexity index is 562. The number of ether oxygens (including phenoxy) is 1. The van der Waals surface area contributed by atoms with E-state index >= 15 is 0 Å². The number of aryl methyl sites for hydroxylation is 1. The fourth-order valence-electron chi connectivity index (χ4n) is 1.81. The zero-order valence-electron chi connectivity index (χ0n) is 11.0. The first-order valence-corrected chi connectivity index (χ1v) is 5.72. The average Bonchev–Trinajstić information content (AvgIpc) is 2.63. The Labute approximate surface area is 102 Å². The van der Waals surface area contributed by atoms with Gasteiger partial charge in [0.1, 0.15) is 11.8 Å². The molecule has 0 aliphatic rings. The first kappa shape index (κ1) is 13.1. The summed E-state index contributed by atoms with van der Waals surface area (Å²) in [5.41, 5.74) is 2.76. The van der Waals surface area contributed by atoms with Crippen molar-refractivity contribution in [1.29, 1.82) is 5.26 Å². The van der Waals surface area contributed by atoms with E-state index in [2.05, 4.69) is 6.07 Å². The summed E-state index contributed by atoms with van der Waals surface area (Å²) in [4.78, 5) is 0. The number of nitriles is 1. The van der Waals surface area contributed by atoms with Crippen LogP contribution in [0.5, 0.6) is 5.75 Å². The van der Waals surface area contributed by atoms with Gasteiger partial charge in [0.05, 0.1) is 18.2 Å². The molecule has 0 spiro atoms. The van der Waals surface area contributed by atoms with Crippen LogP contribution in [-0.2, 0) is 7.05 Å². The minimum absolute atomic E-state index is 0.746. The van der Waals surface area contributed by atoms with Gasteiger partial charge in [-0.05, 0) is 19.1 Å². The lowest BCUT2D eigenvalue weighted by Crippen LogP contribution is -1.90. The number of aromatic nitrogens is 1. The Balaban J connectivity index is 0.000000686. The molecule has 0 aliphatic carbocycles. The van der Waals surface area contributed by atoms with E-state index in [4.69, 9.17) is 10.00 Å². The lowest BCUT2D eigenvalue weighted by Gasteiger charge is -2.01. The van der Waals surface area contributed by atoms with Gasteiger partial charge in [0.2, 0.25) is 0 Å². The molecular formula is C14H18N2O. The van der Waals surface area contributed by atoms with Gasteiger partial charge in [-0.2, -0.15) is 5.26 Å². The predicted molar refractivity (Wildman–Crippen MR) is 70.3 cm³/mol. The number of fused-ring (bicyclic) bond motifs is 1. The number of benzene rings is 1. The van der Waals surface area contributed by atoms with E-state index in [1.54, 1.807) is 7.11 Å². The fraction of sp³-hybridized carbons (Fsp3) is 0.357. The van der Waals surface area contributed by atoms with Gasteiger partial charge in [-0.3, -0.25) is 0 Å². The standard InChI is InChI=1S/C12H12N2O.C2H6/c1-8-11(7-13)10-5-4-9(15-3)6-12(10)14(8)2;1-2/h4-6H,1-3H3;1-2H3. The van der Waals surface area contributed by atoms with Gasteiger partial charge in [0, 0.05) is 24.2 Å². The summed E-state index contributed by atoms with van der Waals surface area (Å²) in [6.07, 6.45) is 0. The van der Waals surface area contributed by atoms with Crippen LogP contribution in [0.25, 0.3) is 10.9 Å². The van der Waals surface area contributed by atoms with E-state index in [9.17, 15) is 0 Å². The van der Waals surface area contributed by atoms with Crippen LogP contribution < -0.4 is 4.74 Å². The molecule has 1 aromatic carbocycles. The van der Waals surface area contributed by atoms with E-state index in [0.717, 1.165) is 27.9 Å². The molecule has 0 bridgehead atoms. The SMILES string of the molecule is CC.COc1ccc2c(C#N)c(C)n(C)c2c1. The van der Waals surface area contributed by atoms with Crippen LogP contribution in [0, 0.1) is 18.3 Å².